The highest BCUT2D eigenvalue weighted by Crippen LogP contribution is 2.31. The van der Waals surface area contributed by atoms with E-state index in [2.05, 4.69) is 58.4 Å². The van der Waals surface area contributed by atoms with Gasteiger partial charge in [-0.1, -0.05) is 51.8 Å². The van der Waals surface area contributed by atoms with Crippen molar-refractivity contribution in [2.45, 2.75) is 13.0 Å². The van der Waals surface area contributed by atoms with E-state index in [-0.39, 0.29) is 0 Å². The Hall–Kier alpha value is -1.13. The molecule has 0 spiro atoms. The van der Waals surface area contributed by atoms with Crippen LogP contribution in [0.4, 0.5) is 0 Å². The summed E-state index contributed by atoms with van der Waals surface area (Å²) in [6.07, 6.45) is 0.851. The van der Waals surface area contributed by atoms with Gasteiger partial charge in [-0.15, -0.1) is 11.3 Å². The molecule has 0 aliphatic heterocycles. The Morgan fingerprint density at radius 2 is 1.77 bits per heavy atom. The highest BCUT2D eigenvalue weighted by Gasteiger charge is 2.07. The molecule has 0 unspecified atom stereocenters. The maximum absolute atomic E-state index is 6.28. The van der Waals surface area contributed by atoms with E-state index in [9.17, 15) is 0 Å². The van der Waals surface area contributed by atoms with Crippen LogP contribution >= 0.6 is 38.9 Å². The van der Waals surface area contributed by atoms with Crippen molar-refractivity contribution in [1.82, 2.24) is 0 Å². The van der Waals surface area contributed by atoms with Crippen LogP contribution in [0.1, 0.15) is 16.0 Å². The van der Waals surface area contributed by atoms with E-state index in [1.807, 2.05) is 12.1 Å². The zero-order chi connectivity index (χ0) is 15.5. The molecule has 0 radical (unpaired) electrons. The second-order valence-corrected chi connectivity index (χ2v) is 7.57. The standard InChI is InChI=1S/C18H15BrClNS/c19-15-5-7-17(20)14(9-15)10-16-6-8-18(22-16)13-3-1-12(11-21)2-4-13/h1-9H,10-11,21H2. The van der Waals surface area contributed by atoms with Gasteiger partial charge in [0.1, 0.15) is 0 Å². The zero-order valence-corrected chi connectivity index (χ0v) is 15.0. The van der Waals surface area contributed by atoms with E-state index in [0.29, 0.717) is 6.54 Å². The molecule has 2 aromatic carbocycles. The second kappa shape index (κ2) is 6.97. The van der Waals surface area contributed by atoms with Gasteiger partial charge >= 0.3 is 0 Å². The van der Waals surface area contributed by atoms with Crippen LogP contribution < -0.4 is 5.73 Å². The summed E-state index contributed by atoms with van der Waals surface area (Å²) in [5, 5.41) is 0.811. The maximum atomic E-state index is 6.28. The average Bonchev–Trinajstić information content (AvgIpc) is 2.99. The Balaban J connectivity index is 1.82. The number of benzene rings is 2. The number of nitrogens with two attached hydrogens (primary N) is 1. The van der Waals surface area contributed by atoms with Crippen molar-refractivity contribution in [1.29, 1.82) is 0 Å². The number of hydrogen-bond donors (Lipinski definition) is 1. The highest BCUT2D eigenvalue weighted by molar-refractivity contribution is 9.10. The molecule has 2 N–H and O–H groups in total. The first kappa shape index (κ1) is 15.8. The van der Waals surface area contributed by atoms with Gasteiger partial charge in [0, 0.05) is 32.2 Å². The van der Waals surface area contributed by atoms with E-state index >= 15 is 0 Å². The highest BCUT2D eigenvalue weighted by atomic mass is 79.9. The average molecular weight is 393 g/mol. The number of hydrogen-bond acceptors (Lipinski definition) is 2. The smallest absolute Gasteiger partial charge is 0.0442 e. The lowest BCUT2D eigenvalue weighted by Crippen LogP contribution is -1.94. The Kier molecular flexibility index (Phi) is 4.99. The summed E-state index contributed by atoms with van der Waals surface area (Å²) < 4.78 is 1.06. The number of thiophene rings is 1. The van der Waals surface area contributed by atoms with Crippen molar-refractivity contribution in [3.63, 3.8) is 0 Å². The third kappa shape index (κ3) is 3.61. The van der Waals surface area contributed by atoms with E-state index < -0.39 is 0 Å². The molecule has 1 heterocycles. The Bertz CT molecular complexity index is 780. The Morgan fingerprint density at radius 3 is 2.50 bits per heavy atom. The Labute approximate surface area is 147 Å². The molecule has 3 aromatic rings. The van der Waals surface area contributed by atoms with Crippen molar-refractivity contribution < 1.29 is 0 Å². The van der Waals surface area contributed by atoms with E-state index in [0.717, 1.165) is 27.0 Å². The van der Waals surface area contributed by atoms with Gasteiger partial charge in [0.05, 0.1) is 0 Å². The minimum Gasteiger partial charge on any atom is -0.326 e. The van der Waals surface area contributed by atoms with Crippen molar-refractivity contribution in [3.05, 3.63) is 80.1 Å². The summed E-state index contributed by atoms with van der Waals surface area (Å²) in [5.41, 5.74) is 9.17. The fourth-order valence-electron chi connectivity index (χ4n) is 2.30. The molecule has 0 saturated heterocycles. The van der Waals surface area contributed by atoms with Crippen molar-refractivity contribution in [2.75, 3.05) is 0 Å². The van der Waals surface area contributed by atoms with Crippen LogP contribution in [0.25, 0.3) is 10.4 Å². The van der Waals surface area contributed by atoms with Crippen molar-refractivity contribution >= 4 is 38.9 Å². The molecular weight excluding hydrogens is 378 g/mol. The molecule has 1 nitrogen and oxygen atoms in total. The molecule has 112 valence electrons. The molecule has 4 heteroatoms. The SMILES string of the molecule is NCc1ccc(-c2ccc(Cc3cc(Br)ccc3Cl)s2)cc1. The molecule has 0 aliphatic carbocycles. The molecule has 0 bridgehead atoms. The largest absolute Gasteiger partial charge is 0.326 e. The molecule has 0 amide bonds. The summed E-state index contributed by atoms with van der Waals surface area (Å²) in [6.45, 7) is 0.581. The third-order valence-corrected chi connectivity index (χ3v) is 5.50. The molecule has 0 fully saturated rings. The zero-order valence-electron chi connectivity index (χ0n) is 11.9. The molecule has 22 heavy (non-hydrogen) atoms. The molecule has 0 saturated carbocycles. The summed E-state index contributed by atoms with van der Waals surface area (Å²) in [7, 11) is 0. The van der Waals surface area contributed by atoms with Gasteiger partial charge in [-0.25, -0.2) is 0 Å². The lowest BCUT2D eigenvalue weighted by Gasteiger charge is -2.03. The predicted octanol–water partition coefficient (Wildman–Crippen LogP) is 5.88. The molecule has 3 rings (SSSR count). The quantitative estimate of drug-likeness (QED) is 0.589. The van der Waals surface area contributed by atoms with Crippen LogP contribution in [0.2, 0.25) is 5.02 Å². The number of rotatable bonds is 4. The van der Waals surface area contributed by atoms with E-state index in [1.54, 1.807) is 11.3 Å². The molecule has 1 aromatic heterocycles. The Morgan fingerprint density at radius 1 is 1.00 bits per heavy atom. The minimum atomic E-state index is 0.581. The minimum absolute atomic E-state index is 0.581. The van der Waals surface area contributed by atoms with Crippen LogP contribution in [0, 0.1) is 0 Å². The van der Waals surface area contributed by atoms with Gasteiger partial charge in [0.15, 0.2) is 0 Å². The fraction of sp³-hybridized carbons (Fsp3) is 0.111. The normalized spacial score (nSPS) is 10.9. The lowest BCUT2D eigenvalue weighted by molar-refractivity contribution is 1.07. The van der Waals surface area contributed by atoms with Crippen LogP contribution in [0.15, 0.2) is 59.1 Å². The summed E-state index contributed by atoms with van der Waals surface area (Å²) in [5.74, 6) is 0. The first-order valence-electron chi connectivity index (χ1n) is 6.98. The van der Waals surface area contributed by atoms with Crippen LogP contribution in [-0.4, -0.2) is 0 Å². The lowest BCUT2D eigenvalue weighted by atomic mass is 10.1. The van der Waals surface area contributed by atoms with Crippen LogP contribution in [-0.2, 0) is 13.0 Å². The van der Waals surface area contributed by atoms with Crippen molar-refractivity contribution in [2.24, 2.45) is 5.73 Å². The van der Waals surface area contributed by atoms with E-state index in [4.69, 9.17) is 17.3 Å². The fourth-order valence-corrected chi connectivity index (χ4v) is 3.93. The molecular formula is C18H15BrClNS. The first-order chi connectivity index (χ1) is 10.7. The van der Waals surface area contributed by atoms with Crippen molar-refractivity contribution in [3.8, 4) is 10.4 Å². The summed E-state index contributed by atoms with van der Waals surface area (Å²) >= 11 is 11.6. The first-order valence-corrected chi connectivity index (χ1v) is 8.96. The maximum Gasteiger partial charge on any atom is 0.0442 e. The molecule has 0 aliphatic rings. The van der Waals surface area contributed by atoms with Crippen LogP contribution in [0.5, 0.6) is 0 Å². The third-order valence-electron chi connectivity index (χ3n) is 3.51. The van der Waals surface area contributed by atoms with Gasteiger partial charge in [-0.05, 0) is 47.0 Å². The number of halogens is 2. The van der Waals surface area contributed by atoms with Gasteiger partial charge in [0.2, 0.25) is 0 Å². The topological polar surface area (TPSA) is 26.0 Å². The van der Waals surface area contributed by atoms with Gasteiger partial charge in [0.25, 0.3) is 0 Å². The van der Waals surface area contributed by atoms with Gasteiger partial charge in [-0.2, -0.15) is 0 Å². The predicted molar refractivity (Wildman–Crippen MR) is 99.6 cm³/mol. The van der Waals surface area contributed by atoms with Gasteiger partial charge < -0.3 is 5.73 Å². The van der Waals surface area contributed by atoms with Crippen LogP contribution in [0.3, 0.4) is 0 Å². The molecule has 0 atom stereocenters. The van der Waals surface area contributed by atoms with E-state index in [1.165, 1.54) is 15.3 Å². The second-order valence-electron chi connectivity index (χ2n) is 5.08. The van der Waals surface area contributed by atoms with Gasteiger partial charge in [-0.3, -0.25) is 0 Å². The monoisotopic (exact) mass is 391 g/mol. The summed E-state index contributed by atoms with van der Waals surface area (Å²) in [6, 6.07) is 18.7. The summed E-state index contributed by atoms with van der Waals surface area (Å²) in [4.78, 5) is 2.57.